The third-order valence-corrected chi connectivity index (χ3v) is 4.48. The Morgan fingerprint density at radius 3 is 3.00 bits per heavy atom. The lowest BCUT2D eigenvalue weighted by molar-refractivity contribution is -0.107. The Hall–Kier alpha value is -0.910. The molecule has 1 aromatic carbocycles. The summed E-state index contributed by atoms with van der Waals surface area (Å²) in [6, 6.07) is 5.27. The van der Waals surface area contributed by atoms with Crippen LogP contribution >= 0.6 is 35.1 Å². The second-order valence-electron chi connectivity index (χ2n) is 3.62. The number of benzene rings is 1. The summed E-state index contributed by atoms with van der Waals surface area (Å²) in [7, 11) is 1.58. The molecule has 0 aliphatic carbocycles. The highest BCUT2D eigenvalue weighted by molar-refractivity contribution is 8.45. The number of nitrogens with zero attached hydrogens (tertiary/aromatic N) is 1. The molecule has 1 aliphatic rings. The van der Waals surface area contributed by atoms with E-state index in [0.29, 0.717) is 16.5 Å². The number of hydrogen-bond acceptors (Lipinski definition) is 5. The summed E-state index contributed by atoms with van der Waals surface area (Å²) in [5.74, 6) is 1.56. The summed E-state index contributed by atoms with van der Waals surface area (Å²) in [4.78, 5) is 16.2. The molecule has 3 nitrogen and oxygen atoms in total. The van der Waals surface area contributed by atoms with Crippen molar-refractivity contribution in [3.63, 3.8) is 0 Å². The lowest BCUT2D eigenvalue weighted by Gasteiger charge is -2.05. The van der Waals surface area contributed by atoms with Gasteiger partial charge in [-0.05, 0) is 41.8 Å². The first-order valence-electron chi connectivity index (χ1n) is 5.63. The lowest BCUT2D eigenvalue weighted by Crippen LogP contribution is -1.91. The van der Waals surface area contributed by atoms with E-state index in [1.807, 2.05) is 6.92 Å². The molecule has 6 heteroatoms. The van der Waals surface area contributed by atoms with Crippen LogP contribution in [-0.4, -0.2) is 22.4 Å². The normalized spacial score (nSPS) is 16.9. The van der Waals surface area contributed by atoms with Crippen LogP contribution in [0.2, 0.25) is 5.02 Å². The van der Waals surface area contributed by atoms with Gasteiger partial charge < -0.3 is 4.74 Å². The van der Waals surface area contributed by atoms with Crippen LogP contribution in [0.25, 0.3) is 6.08 Å². The maximum Gasteiger partial charge on any atom is 0.244 e. The molecule has 0 amide bonds. The first-order chi connectivity index (χ1) is 9.13. The molecule has 0 N–H and O–H groups in total. The van der Waals surface area contributed by atoms with Gasteiger partial charge in [0, 0.05) is 10.6 Å². The quantitative estimate of drug-likeness (QED) is 0.788. The van der Waals surface area contributed by atoms with Crippen molar-refractivity contribution in [2.75, 3.05) is 12.9 Å². The molecule has 1 aromatic rings. The third kappa shape index (κ3) is 3.55. The van der Waals surface area contributed by atoms with Crippen LogP contribution in [0.4, 0.5) is 0 Å². The average molecular weight is 314 g/mol. The summed E-state index contributed by atoms with van der Waals surface area (Å²) >= 11 is 8.69. The summed E-state index contributed by atoms with van der Waals surface area (Å²) in [5, 5.41) is 0.552. The van der Waals surface area contributed by atoms with E-state index < -0.39 is 0 Å². The van der Waals surface area contributed by atoms with Crippen molar-refractivity contribution in [2.24, 2.45) is 4.99 Å². The van der Waals surface area contributed by atoms with E-state index in [-0.39, 0.29) is 5.12 Å². The van der Waals surface area contributed by atoms with Gasteiger partial charge >= 0.3 is 0 Å². The Bertz CT molecular complexity index is 570. The predicted octanol–water partition coefficient (Wildman–Crippen LogP) is 4.07. The fourth-order valence-corrected chi connectivity index (χ4v) is 3.46. The molecule has 0 radical (unpaired) electrons. The van der Waals surface area contributed by atoms with Gasteiger partial charge in [-0.25, -0.2) is 4.99 Å². The van der Waals surface area contributed by atoms with E-state index in [1.54, 1.807) is 43.1 Å². The minimum atomic E-state index is -0.0435. The molecule has 0 fully saturated rings. The minimum absolute atomic E-state index is 0.0435. The number of aliphatic imine (C=N–C) groups is 1. The van der Waals surface area contributed by atoms with E-state index in [1.165, 1.54) is 11.8 Å². The van der Waals surface area contributed by atoms with E-state index >= 15 is 0 Å². The van der Waals surface area contributed by atoms with Crippen LogP contribution in [0.5, 0.6) is 5.75 Å². The van der Waals surface area contributed by atoms with Crippen LogP contribution < -0.4 is 4.74 Å². The Kier molecular flexibility index (Phi) is 4.96. The van der Waals surface area contributed by atoms with Crippen LogP contribution in [-0.2, 0) is 4.79 Å². The summed E-state index contributed by atoms with van der Waals surface area (Å²) in [5.41, 5.74) is 1.19. The molecular formula is C13H12ClNO2S2. The molecule has 19 heavy (non-hydrogen) atoms. The Labute approximate surface area is 125 Å². The minimum Gasteiger partial charge on any atom is -0.496 e. The van der Waals surface area contributed by atoms with Gasteiger partial charge in [0.15, 0.2) is 0 Å². The van der Waals surface area contributed by atoms with Gasteiger partial charge in [-0.2, -0.15) is 0 Å². The largest absolute Gasteiger partial charge is 0.496 e. The monoisotopic (exact) mass is 313 g/mol. The summed E-state index contributed by atoms with van der Waals surface area (Å²) in [6.45, 7) is 2.03. The van der Waals surface area contributed by atoms with E-state index in [2.05, 4.69) is 4.99 Å². The number of hydrogen-bond donors (Lipinski definition) is 0. The standard InChI is InChI=1S/C13H12ClNO2S2/c1-3-18-13-15-10(12(16)19-13)7-8-6-9(14)4-5-11(8)17-2/h4-7H,3H2,1-2H3. The molecule has 1 aliphatic heterocycles. The molecule has 100 valence electrons. The zero-order valence-corrected chi connectivity index (χ0v) is 12.9. The second-order valence-corrected chi connectivity index (χ2v) is 6.53. The van der Waals surface area contributed by atoms with Crippen molar-refractivity contribution in [1.82, 2.24) is 0 Å². The highest BCUT2D eigenvalue weighted by Crippen LogP contribution is 2.33. The average Bonchev–Trinajstić information content (AvgIpc) is 2.71. The lowest BCUT2D eigenvalue weighted by atomic mass is 10.1. The number of ether oxygens (including phenoxy) is 1. The van der Waals surface area contributed by atoms with Crippen molar-refractivity contribution >= 4 is 50.7 Å². The zero-order chi connectivity index (χ0) is 13.8. The number of halogens is 1. The van der Waals surface area contributed by atoms with Crippen LogP contribution in [0.1, 0.15) is 12.5 Å². The summed E-state index contributed by atoms with van der Waals surface area (Å²) < 4.78 is 6.04. The van der Waals surface area contributed by atoms with Gasteiger partial charge in [-0.1, -0.05) is 30.3 Å². The molecule has 0 saturated carbocycles. The van der Waals surface area contributed by atoms with E-state index in [4.69, 9.17) is 16.3 Å². The molecule has 2 rings (SSSR count). The smallest absolute Gasteiger partial charge is 0.244 e. The van der Waals surface area contributed by atoms with E-state index in [0.717, 1.165) is 15.7 Å². The van der Waals surface area contributed by atoms with Crippen molar-refractivity contribution in [1.29, 1.82) is 0 Å². The number of thioether (sulfide) groups is 2. The number of methoxy groups -OCH3 is 1. The predicted molar refractivity (Wildman–Crippen MR) is 84.1 cm³/mol. The van der Waals surface area contributed by atoms with Gasteiger partial charge in [0.25, 0.3) is 0 Å². The number of rotatable bonds is 3. The molecule has 0 bridgehead atoms. The van der Waals surface area contributed by atoms with Crippen molar-refractivity contribution in [2.45, 2.75) is 6.92 Å². The van der Waals surface area contributed by atoms with Gasteiger partial charge in [-0.15, -0.1) is 0 Å². The third-order valence-electron chi connectivity index (χ3n) is 2.35. The molecular weight excluding hydrogens is 302 g/mol. The van der Waals surface area contributed by atoms with Gasteiger partial charge in [0.1, 0.15) is 15.8 Å². The van der Waals surface area contributed by atoms with Gasteiger partial charge in [0.05, 0.1) is 7.11 Å². The Morgan fingerprint density at radius 1 is 1.53 bits per heavy atom. The molecule has 1 heterocycles. The Balaban J connectivity index is 2.35. The maximum absolute atomic E-state index is 11.8. The van der Waals surface area contributed by atoms with Crippen molar-refractivity contribution in [3.8, 4) is 5.75 Å². The molecule has 0 atom stereocenters. The summed E-state index contributed by atoms with van der Waals surface area (Å²) in [6.07, 6.45) is 1.71. The van der Waals surface area contributed by atoms with Crippen molar-refractivity contribution in [3.05, 3.63) is 34.5 Å². The van der Waals surface area contributed by atoms with E-state index in [9.17, 15) is 4.79 Å². The fraction of sp³-hybridized carbons (Fsp3) is 0.231. The Morgan fingerprint density at radius 2 is 2.32 bits per heavy atom. The van der Waals surface area contributed by atoms with Gasteiger partial charge in [0.2, 0.25) is 5.12 Å². The molecule has 0 spiro atoms. The SMILES string of the molecule is CCSC1=NC(=Cc2cc(Cl)ccc2OC)C(=O)S1. The fourth-order valence-electron chi connectivity index (χ4n) is 1.54. The van der Waals surface area contributed by atoms with Crippen LogP contribution in [0, 0.1) is 0 Å². The molecule has 0 aromatic heterocycles. The maximum atomic E-state index is 11.8. The first kappa shape index (κ1) is 14.5. The van der Waals surface area contributed by atoms with Crippen molar-refractivity contribution < 1.29 is 9.53 Å². The second kappa shape index (κ2) is 6.50. The van der Waals surface area contributed by atoms with Gasteiger partial charge in [-0.3, -0.25) is 4.79 Å². The molecule has 0 unspecified atom stereocenters. The van der Waals surface area contributed by atoms with Crippen LogP contribution in [0.3, 0.4) is 0 Å². The first-order valence-corrected chi connectivity index (χ1v) is 7.81. The van der Waals surface area contributed by atoms with Crippen LogP contribution in [0.15, 0.2) is 28.9 Å². The highest BCUT2D eigenvalue weighted by atomic mass is 35.5. The highest BCUT2D eigenvalue weighted by Gasteiger charge is 2.22. The number of carbonyl (C=O) groups excluding carboxylic acids is 1. The molecule has 0 saturated heterocycles. The topological polar surface area (TPSA) is 38.7 Å². The number of carbonyl (C=O) groups is 1. The zero-order valence-electron chi connectivity index (χ0n) is 10.5.